The average Bonchev–Trinajstić information content (AvgIpc) is 2.91. The van der Waals surface area contributed by atoms with Crippen LogP contribution in [-0.4, -0.2) is 30.4 Å². The molecule has 1 radical (unpaired) electrons. The number of nitrogens with two attached hydrogens (primary N) is 2. The maximum absolute atomic E-state index is 13.1. The van der Waals surface area contributed by atoms with Crippen LogP contribution in [0.25, 0.3) is 0 Å². The van der Waals surface area contributed by atoms with E-state index in [0.29, 0.717) is 35.3 Å². The fourth-order valence-corrected chi connectivity index (χ4v) is 3.86. The van der Waals surface area contributed by atoms with Crippen LogP contribution in [-0.2, 0) is 40.3 Å². The highest BCUT2D eigenvalue weighted by atomic mass is 35.5. The normalized spacial score (nSPS) is 11.4. The summed E-state index contributed by atoms with van der Waals surface area (Å²) in [5.74, 6) is -0.806. The second-order valence-electron chi connectivity index (χ2n) is 8.56. The molecule has 3 amide bonds. The molecule has 0 unspecified atom stereocenters. The number of nitrogens with one attached hydrogen (secondary N) is 2. The molecular weight excluding hydrogens is 527 g/mol. The number of amides is 3. The van der Waals surface area contributed by atoms with Crippen LogP contribution < -0.4 is 26.8 Å². The van der Waals surface area contributed by atoms with Gasteiger partial charge in [-0.15, -0.1) is 0 Å². The molecule has 0 saturated heterocycles. The van der Waals surface area contributed by atoms with Gasteiger partial charge in [0.2, 0.25) is 11.8 Å². The SMILES string of the molecule is NCc1ccc(CNC(=O)[C@H](Cc2ccc(Cl)c(Cl)c2)NC(=O)[CH]Cc2ccc(OCC(N)=O)cc2)cc1. The Morgan fingerprint density at radius 1 is 0.868 bits per heavy atom. The number of carbonyl (C=O) groups is 3. The Hall–Kier alpha value is -3.59. The minimum absolute atomic E-state index is 0.213. The van der Waals surface area contributed by atoms with E-state index in [1.807, 2.05) is 24.3 Å². The van der Waals surface area contributed by atoms with Gasteiger partial charge in [-0.3, -0.25) is 14.4 Å². The van der Waals surface area contributed by atoms with Gasteiger partial charge < -0.3 is 26.8 Å². The summed E-state index contributed by atoms with van der Waals surface area (Å²) in [5, 5.41) is 6.45. The molecule has 10 heteroatoms. The number of carbonyl (C=O) groups excluding carboxylic acids is 3. The molecule has 0 bridgehead atoms. The smallest absolute Gasteiger partial charge is 0.255 e. The summed E-state index contributed by atoms with van der Waals surface area (Å²) in [5.41, 5.74) is 14.2. The lowest BCUT2D eigenvalue weighted by Crippen LogP contribution is -2.48. The van der Waals surface area contributed by atoms with Crippen molar-refractivity contribution in [2.75, 3.05) is 6.61 Å². The van der Waals surface area contributed by atoms with Crippen molar-refractivity contribution in [1.82, 2.24) is 10.6 Å². The maximum Gasteiger partial charge on any atom is 0.255 e. The Morgan fingerprint density at radius 3 is 2.13 bits per heavy atom. The number of primary amides is 1. The summed E-state index contributed by atoms with van der Waals surface area (Å²) in [6, 6.07) is 18.8. The zero-order valence-corrected chi connectivity index (χ0v) is 22.1. The second-order valence-corrected chi connectivity index (χ2v) is 9.37. The molecule has 38 heavy (non-hydrogen) atoms. The number of ether oxygens (including phenoxy) is 1. The number of hydrogen-bond donors (Lipinski definition) is 4. The summed E-state index contributed by atoms with van der Waals surface area (Å²) in [7, 11) is 0. The molecule has 1 atom stereocenters. The molecule has 3 aromatic rings. The monoisotopic (exact) mass is 555 g/mol. The van der Waals surface area contributed by atoms with Gasteiger partial charge in [0.1, 0.15) is 11.8 Å². The zero-order chi connectivity index (χ0) is 27.5. The fourth-order valence-electron chi connectivity index (χ4n) is 3.53. The highest BCUT2D eigenvalue weighted by Gasteiger charge is 2.22. The zero-order valence-electron chi connectivity index (χ0n) is 20.6. The fraction of sp³-hybridized carbons (Fsp3) is 0.214. The molecule has 0 saturated carbocycles. The van der Waals surface area contributed by atoms with Gasteiger partial charge in [-0.2, -0.15) is 0 Å². The summed E-state index contributed by atoms with van der Waals surface area (Å²) in [6.45, 7) is 0.522. The van der Waals surface area contributed by atoms with Crippen LogP contribution in [0.2, 0.25) is 10.0 Å². The summed E-state index contributed by atoms with van der Waals surface area (Å²) >= 11 is 12.2. The Bertz CT molecular complexity index is 1250. The van der Waals surface area contributed by atoms with Crippen LogP contribution in [0.3, 0.4) is 0 Å². The van der Waals surface area contributed by atoms with Crippen LogP contribution >= 0.6 is 23.2 Å². The van der Waals surface area contributed by atoms with Crippen LogP contribution in [0.5, 0.6) is 5.75 Å². The molecule has 8 nitrogen and oxygen atoms in total. The minimum atomic E-state index is -0.844. The number of halogens is 2. The van der Waals surface area contributed by atoms with Gasteiger partial charge in [-0.05, 0) is 52.9 Å². The van der Waals surface area contributed by atoms with Crippen molar-refractivity contribution in [2.24, 2.45) is 11.5 Å². The quantitative estimate of drug-likeness (QED) is 0.257. The first-order chi connectivity index (χ1) is 18.2. The van der Waals surface area contributed by atoms with E-state index in [1.165, 1.54) is 6.42 Å². The Kier molecular flexibility index (Phi) is 11.0. The van der Waals surface area contributed by atoms with Gasteiger partial charge in [0, 0.05) is 19.5 Å². The Balaban J connectivity index is 1.61. The van der Waals surface area contributed by atoms with E-state index in [9.17, 15) is 14.4 Å². The summed E-state index contributed by atoms with van der Waals surface area (Å²) < 4.78 is 5.23. The van der Waals surface area contributed by atoms with Gasteiger partial charge in [0.15, 0.2) is 6.61 Å². The highest BCUT2D eigenvalue weighted by molar-refractivity contribution is 6.42. The molecule has 0 aliphatic heterocycles. The standard InChI is InChI=1S/C28H29Cl2N4O4/c29-23-11-7-21(13-24(23)30)14-25(28(37)33-16-20-3-1-19(15-31)2-4-20)34-27(36)12-8-18-5-9-22(10-6-18)38-17-26(32)35/h1-7,9-13,25H,8,14-17,31H2,(H2,32,35)(H,33,37)(H,34,36)/t25-/m0/s1. The number of rotatable bonds is 13. The molecular formula is C28H29Cl2N4O4. The minimum Gasteiger partial charge on any atom is -0.484 e. The lowest BCUT2D eigenvalue weighted by atomic mass is 10.0. The summed E-state index contributed by atoms with van der Waals surface area (Å²) in [4.78, 5) is 36.7. The van der Waals surface area contributed by atoms with Crippen LogP contribution in [0.4, 0.5) is 0 Å². The molecule has 3 aromatic carbocycles. The van der Waals surface area contributed by atoms with Gasteiger partial charge in [0.05, 0.1) is 16.5 Å². The van der Waals surface area contributed by atoms with E-state index in [1.54, 1.807) is 42.5 Å². The third-order valence-electron chi connectivity index (χ3n) is 5.61. The third kappa shape index (κ3) is 9.37. The maximum atomic E-state index is 13.1. The molecule has 199 valence electrons. The van der Waals surface area contributed by atoms with Crippen LogP contribution in [0.15, 0.2) is 66.7 Å². The molecule has 0 aliphatic carbocycles. The average molecular weight is 556 g/mol. The van der Waals surface area contributed by atoms with E-state index in [2.05, 4.69) is 10.6 Å². The molecule has 3 rings (SSSR count). The lowest BCUT2D eigenvalue weighted by Gasteiger charge is -2.19. The van der Waals surface area contributed by atoms with E-state index < -0.39 is 17.9 Å². The highest BCUT2D eigenvalue weighted by Crippen LogP contribution is 2.23. The molecule has 0 fully saturated rings. The molecule has 0 heterocycles. The first kappa shape index (κ1) is 29.0. The molecule has 0 aromatic heterocycles. The van der Waals surface area contributed by atoms with Crippen molar-refractivity contribution >= 4 is 40.9 Å². The van der Waals surface area contributed by atoms with Gasteiger partial charge in [-0.1, -0.05) is 65.7 Å². The molecule has 0 aliphatic rings. The van der Waals surface area contributed by atoms with Crippen molar-refractivity contribution in [1.29, 1.82) is 0 Å². The largest absolute Gasteiger partial charge is 0.484 e. The van der Waals surface area contributed by atoms with Gasteiger partial charge in [0.25, 0.3) is 5.91 Å². The van der Waals surface area contributed by atoms with Crippen molar-refractivity contribution in [2.45, 2.75) is 32.0 Å². The van der Waals surface area contributed by atoms with Gasteiger partial charge >= 0.3 is 0 Å². The van der Waals surface area contributed by atoms with E-state index >= 15 is 0 Å². The van der Waals surface area contributed by atoms with Crippen LogP contribution in [0.1, 0.15) is 22.3 Å². The first-order valence-corrected chi connectivity index (χ1v) is 12.6. The number of hydrogen-bond acceptors (Lipinski definition) is 5. The van der Waals surface area contributed by atoms with E-state index in [4.69, 9.17) is 39.4 Å². The topological polar surface area (TPSA) is 137 Å². The van der Waals surface area contributed by atoms with Crippen molar-refractivity contribution in [3.05, 3.63) is 105 Å². The van der Waals surface area contributed by atoms with Crippen molar-refractivity contribution in [3.8, 4) is 5.75 Å². The second kappa shape index (κ2) is 14.4. The van der Waals surface area contributed by atoms with E-state index in [-0.39, 0.29) is 18.9 Å². The molecule has 6 N–H and O–H groups in total. The van der Waals surface area contributed by atoms with Crippen molar-refractivity contribution < 1.29 is 19.1 Å². The molecule has 0 spiro atoms. The van der Waals surface area contributed by atoms with Gasteiger partial charge in [-0.25, -0.2) is 0 Å². The lowest BCUT2D eigenvalue weighted by molar-refractivity contribution is -0.127. The first-order valence-electron chi connectivity index (χ1n) is 11.9. The summed E-state index contributed by atoms with van der Waals surface area (Å²) in [6.07, 6.45) is 2.01. The van der Waals surface area contributed by atoms with E-state index in [0.717, 1.165) is 22.3 Å². The van der Waals surface area contributed by atoms with Crippen molar-refractivity contribution in [3.63, 3.8) is 0 Å². The predicted molar refractivity (Wildman–Crippen MR) is 147 cm³/mol. The number of benzene rings is 3. The Labute approximate surface area is 231 Å². The predicted octanol–water partition coefficient (Wildman–Crippen LogP) is 3.11. The third-order valence-corrected chi connectivity index (χ3v) is 6.35. The Morgan fingerprint density at radius 2 is 1.50 bits per heavy atom. The van der Waals surface area contributed by atoms with Crippen LogP contribution in [0, 0.1) is 6.42 Å².